The van der Waals surface area contributed by atoms with Gasteiger partial charge in [-0.1, -0.05) is 15.9 Å². The van der Waals surface area contributed by atoms with Crippen LogP contribution in [0.5, 0.6) is 0 Å². The molecule has 1 aliphatic carbocycles. The zero-order chi connectivity index (χ0) is 7.40. The topological polar surface area (TPSA) is 17.1 Å². The fourth-order valence-corrected chi connectivity index (χ4v) is 0.827. The van der Waals surface area contributed by atoms with Crippen molar-refractivity contribution in [3.63, 3.8) is 0 Å². The van der Waals surface area contributed by atoms with Gasteiger partial charge in [-0.05, 0) is 24.3 Å². The van der Waals surface area contributed by atoms with E-state index in [1.807, 2.05) is 0 Å². The first-order valence-electron chi connectivity index (χ1n) is 2.78. The number of hydrogen-bond acceptors (Lipinski definition) is 1. The van der Waals surface area contributed by atoms with Crippen molar-refractivity contribution in [1.82, 2.24) is 0 Å². The van der Waals surface area contributed by atoms with Crippen molar-refractivity contribution in [3.05, 3.63) is 40.1 Å². The Morgan fingerprint density at radius 3 is 2.90 bits per heavy atom. The Hall–Kier alpha value is -0.850. The van der Waals surface area contributed by atoms with E-state index >= 15 is 0 Å². The van der Waals surface area contributed by atoms with Crippen LogP contribution in [0.2, 0.25) is 0 Å². The molecular weight excluding hydrogens is 192 g/mol. The van der Waals surface area contributed by atoms with Gasteiger partial charge in [0.05, 0.1) is 0 Å². The van der Waals surface area contributed by atoms with Gasteiger partial charge in [-0.15, -0.1) is 5.73 Å². The lowest BCUT2D eigenvalue weighted by atomic mass is 10.3. The summed E-state index contributed by atoms with van der Waals surface area (Å²) < 4.78 is 0.917. The van der Waals surface area contributed by atoms with Crippen LogP contribution in [0.15, 0.2) is 40.1 Å². The van der Waals surface area contributed by atoms with Crippen molar-refractivity contribution in [2.75, 3.05) is 0 Å². The van der Waals surface area contributed by atoms with Crippen molar-refractivity contribution in [3.8, 4) is 0 Å². The minimum Gasteiger partial charge on any atom is -0.298 e. The zero-order valence-corrected chi connectivity index (χ0v) is 6.76. The maximum Gasteiger partial charge on any atom is 0.150 e. The molecule has 1 rings (SSSR count). The Morgan fingerprint density at radius 1 is 1.40 bits per heavy atom. The maximum atomic E-state index is 10.2. The summed E-state index contributed by atoms with van der Waals surface area (Å²) in [7, 11) is 0. The minimum absolute atomic E-state index is 0.630. The highest BCUT2D eigenvalue weighted by Gasteiger charge is 1.89. The lowest BCUT2D eigenvalue weighted by Crippen LogP contribution is -1.73. The molecule has 0 bridgehead atoms. The first-order chi connectivity index (χ1) is 4.83. The van der Waals surface area contributed by atoms with Gasteiger partial charge in [0.25, 0.3) is 0 Å². The number of aldehydes is 1. The SMILES string of the molecule is O=CC1=CC=C(Br)C=C=C1. The molecule has 0 saturated heterocycles. The van der Waals surface area contributed by atoms with Crippen LogP contribution in [0.25, 0.3) is 0 Å². The minimum atomic E-state index is 0.630. The summed E-state index contributed by atoms with van der Waals surface area (Å²) in [5.41, 5.74) is 3.46. The highest BCUT2D eigenvalue weighted by molar-refractivity contribution is 9.11. The number of carbonyl (C=O) groups is 1. The van der Waals surface area contributed by atoms with Crippen LogP contribution in [0, 0.1) is 0 Å². The van der Waals surface area contributed by atoms with Crippen molar-refractivity contribution >= 4 is 22.2 Å². The summed E-state index contributed by atoms with van der Waals surface area (Å²) in [5.74, 6) is 0. The van der Waals surface area contributed by atoms with E-state index < -0.39 is 0 Å². The number of allylic oxidation sites excluding steroid dienone is 5. The number of carbonyl (C=O) groups excluding carboxylic acids is 1. The van der Waals surface area contributed by atoms with Gasteiger partial charge in [-0.25, -0.2) is 0 Å². The molecule has 0 saturated carbocycles. The molecule has 2 heteroatoms. The van der Waals surface area contributed by atoms with Gasteiger partial charge in [0.1, 0.15) is 0 Å². The van der Waals surface area contributed by atoms with Crippen molar-refractivity contribution in [2.24, 2.45) is 0 Å². The Morgan fingerprint density at radius 2 is 2.20 bits per heavy atom. The van der Waals surface area contributed by atoms with Gasteiger partial charge >= 0.3 is 0 Å². The van der Waals surface area contributed by atoms with E-state index in [4.69, 9.17) is 0 Å². The van der Waals surface area contributed by atoms with E-state index in [1.54, 1.807) is 24.3 Å². The lowest BCUT2D eigenvalue weighted by Gasteiger charge is -1.80. The molecule has 0 aromatic heterocycles. The third-order valence-corrected chi connectivity index (χ3v) is 1.54. The second-order valence-corrected chi connectivity index (χ2v) is 2.71. The van der Waals surface area contributed by atoms with Crippen LogP contribution < -0.4 is 0 Å². The molecule has 0 aliphatic heterocycles. The molecule has 10 heavy (non-hydrogen) atoms. The van der Waals surface area contributed by atoms with Crippen LogP contribution >= 0.6 is 15.9 Å². The van der Waals surface area contributed by atoms with Crippen LogP contribution in [0.4, 0.5) is 0 Å². The average molecular weight is 197 g/mol. The fourth-order valence-electron chi connectivity index (χ4n) is 0.563. The Kier molecular flexibility index (Phi) is 2.43. The molecule has 0 aromatic rings. The molecule has 0 radical (unpaired) electrons. The second kappa shape index (κ2) is 3.35. The Bertz CT molecular complexity index is 265. The standard InChI is InChI=1S/C8H5BrO/c9-8-3-1-2-7(6-10)4-5-8/h2-6H. The molecule has 50 valence electrons. The van der Waals surface area contributed by atoms with E-state index in [0.717, 1.165) is 10.8 Å². The van der Waals surface area contributed by atoms with Gasteiger partial charge in [-0.3, -0.25) is 4.79 Å². The first kappa shape index (κ1) is 7.26. The van der Waals surface area contributed by atoms with E-state index in [0.29, 0.717) is 5.57 Å². The average Bonchev–Trinajstić information content (AvgIpc) is 2.14. The summed E-state index contributed by atoms with van der Waals surface area (Å²) in [6, 6.07) is 0. The number of rotatable bonds is 1. The number of hydrogen-bond donors (Lipinski definition) is 0. The largest absolute Gasteiger partial charge is 0.298 e. The van der Waals surface area contributed by atoms with Crippen LogP contribution in [0.1, 0.15) is 0 Å². The normalized spacial score (nSPS) is 15.7. The lowest BCUT2D eigenvalue weighted by molar-refractivity contribution is -0.104. The summed E-state index contributed by atoms with van der Waals surface area (Å²) in [5, 5.41) is 0. The summed E-state index contributed by atoms with van der Waals surface area (Å²) >= 11 is 3.26. The van der Waals surface area contributed by atoms with Gasteiger partial charge in [0.2, 0.25) is 0 Å². The van der Waals surface area contributed by atoms with E-state index in [-0.39, 0.29) is 0 Å². The van der Waals surface area contributed by atoms with Crippen LogP contribution in [0.3, 0.4) is 0 Å². The molecule has 0 amide bonds. The molecule has 0 unspecified atom stereocenters. The van der Waals surface area contributed by atoms with Crippen LogP contribution in [-0.2, 0) is 4.79 Å². The molecular formula is C8H5BrO. The predicted octanol–water partition coefficient (Wildman–Crippen LogP) is 2.12. The van der Waals surface area contributed by atoms with Gasteiger partial charge in [-0.2, -0.15) is 0 Å². The summed E-state index contributed by atoms with van der Waals surface area (Å²) in [6.45, 7) is 0. The Labute approximate surface area is 67.6 Å². The number of halogens is 1. The van der Waals surface area contributed by atoms with E-state index in [9.17, 15) is 4.79 Å². The quantitative estimate of drug-likeness (QED) is 0.464. The van der Waals surface area contributed by atoms with Crippen LogP contribution in [-0.4, -0.2) is 6.29 Å². The van der Waals surface area contributed by atoms with E-state index in [1.165, 1.54) is 0 Å². The summed E-state index contributed by atoms with van der Waals surface area (Å²) in [6.07, 6.45) is 7.72. The Balaban J connectivity index is 3.02. The molecule has 0 spiro atoms. The zero-order valence-electron chi connectivity index (χ0n) is 5.17. The third kappa shape index (κ3) is 1.83. The van der Waals surface area contributed by atoms with Crippen molar-refractivity contribution in [1.29, 1.82) is 0 Å². The highest BCUT2D eigenvalue weighted by atomic mass is 79.9. The molecule has 1 aliphatic rings. The second-order valence-electron chi connectivity index (χ2n) is 1.79. The van der Waals surface area contributed by atoms with Gasteiger partial charge in [0.15, 0.2) is 6.29 Å². The molecule has 0 aromatic carbocycles. The predicted molar refractivity (Wildman–Crippen MR) is 43.8 cm³/mol. The molecule has 0 heterocycles. The monoisotopic (exact) mass is 196 g/mol. The van der Waals surface area contributed by atoms with E-state index in [2.05, 4.69) is 21.7 Å². The molecule has 0 atom stereocenters. The summed E-state index contributed by atoms with van der Waals surface area (Å²) in [4.78, 5) is 10.2. The first-order valence-corrected chi connectivity index (χ1v) is 3.57. The highest BCUT2D eigenvalue weighted by Crippen LogP contribution is 2.09. The maximum absolute atomic E-state index is 10.2. The molecule has 0 N–H and O–H groups in total. The van der Waals surface area contributed by atoms with Crippen molar-refractivity contribution < 1.29 is 4.79 Å². The smallest absolute Gasteiger partial charge is 0.150 e. The molecule has 0 fully saturated rings. The van der Waals surface area contributed by atoms with Gasteiger partial charge in [0, 0.05) is 10.1 Å². The van der Waals surface area contributed by atoms with Gasteiger partial charge < -0.3 is 0 Å². The third-order valence-electron chi connectivity index (χ3n) is 1.04. The van der Waals surface area contributed by atoms with Crippen molar-refractivity contribution in [2.45, 2.75) is 0 Å². The fraction of sp³-hybridized carbons (Fsp3) is 0. The molecule has 1 nitrogen and oxygen atoms in total.